The summed E-state index contributed by atoms with van der Waals surface area (Å²) in [5, 5.41) is 1.93. The SMILES string of the molecule is CS/C(=C\c1cccs1)S(=O)(=O)c1ccc(C)cc1. The van der Waals surface area contributed by atoms with Gasteiger partial charge in [0.2, 0.25) is 9.84 Å². The van der Waals surface area contributed by atoms with Crippen molar-refractivity contribution in [2.24, 2.45) is 0 Å². The molecule has 2 rings (SSSR count). The number of thiophene rings is 1. The summed E-state index contributed by atoms with van der Waals surface area (Å²) in [5.41, 5.74) is 1.05. The molecule has 19 heavy (non-hydrogen) atoms. The highest BCUT2D eigenvalue weighted by Crippen LogP contribution is 2.30. The van der Waals surface area contributed by atoms with Gasteiger partial charge in [-0.15, -0.1) is 23.1 Å². The topological polar surface area (TPSA) is 34.1 Å². The van der Waals surface area contributed by atoms with Crippen LogP contribution in [-0.2, 0) is 9.84 Å². The van der Waals surface area contributed by atoms with Crippen molar-refractivity contribution in [3.63, 3.8) is 0 Å². The Kier molecular flexibility index (Phi) is 4.50. The zero-order chi connectivity index (χ0) is 13.9. The van der Waals surface area contributed by atoms with Crippen molar-refractivity contribution < 1.29 is 8.42 Å². The summed E-state index contributed by atoms with van der Waals surface area (Å²) >= 11 is 2.78. The number of hydrogen-bond acceptors (Lipinski definition) is 4. The molecule has 0 bridgehead atoms. The van der Waals surface area contributed by atoms with Crippen molar-refractivity contribution in [3.05, 3.63) is 56.5 Å². The fraction of sp³-hybridized carbons (Fsp3) is 0.143. The van der Waals surface area contributed by atoms with E-state index in [4.69, 9.17) is 0 Å². The Labute approximate surface area is 122 Å². The van der Waals surface area contributed by atoms with Gasteiger partial charge in [-0.05, 0) is 42.8 Å². The van der Waals surface area contributed by atoms with Crippen LogP contribution in [0.4, 0.5) is 0 Å². The lowest BCUT2D eigenvalue weighted by Gasteiger charge is -2.06. The summed E-state index contributed by atoms with van der Waals surface area (Å²) in [6, 6.07) is 10.8. The average molecular weight is 310 g/mol. The lowest BCUT2D eigenvalue weighted by molar-refractivity contribution is 0.604. The fourth-order valence-electron chi connectivity index (χ4n) is 1.57. The maximum absolute atomic E-state index is 12.5. The van der Waals surface area contributed by atoms with Gasteiger partial charge in [0.15, 0.2) is 0 Å². The molecule has 100 valence electrons. The van der Waals surface area contributed by atoms with Crippen molar-refractivity contribution >= 4 is 39.0 Å². The van der Waals surface area contributed by atoms with Crippen molar-refractivity contribution in [1.29, 1.82) is 0 Å². The summed E-state index contributed by atoms with van der Waals surface area (Å²) < 4.78 is 25.4. The highest BCUT2D eigenvalue weighted by molar-refractivity contribution is 8.18. The first kappa shape index (κ1) is 14.4. The van der Waals surface area contributed by atoms with E-state index in [2.05, 4.69) is 0 Å². The van der Waals surface area contributed by atoms with E-state index in [0.29, 0.717) is 9.13 Å². The van der Waals surface area contributed by atoms with Gasteiger partial charge < -0.3 is 0 Å². The Balaban J connectivity index is 2.45. The van der Waals surface area contributed by atoms with Crippen LogP contribution in [0.3, 0.4) is 0 Å². The Bertz CT molecular complexity index is 666. The van der Waals surface area contributed by atoms with Gasteiger partial charge in [0.25, 0.3) is 0 Å². The normalized spacial score (nSPS) is 12.6. The zero-order valence-corrected chi connectivity index (χ0v) is 13.1. The Morgan fingerprint density at radius 2 is 1.89 bits per heavy atom. The molecular weight excluding hydrogens is 296 g/mol. The molecule has 0 aliphatic carbocycles. The van der Waals surface area contributed by atoms with Crippen molar-refractivity contribution in [2.45, 2.75) is 11.8 Å². The van der Waals surface area contributed by atoms with E-state index in [0.717, 1.165) is 10.4 Å². The van der Waals surface area contributed by atoms with E-state index in [1.165, 1.54) is 23.1 Å². The van der Waals surface area contributed by atoms with Gasteiger partial charge in [-0.1, -0.05) is 23.8 Å². The smallest absolute Gasteiger partial charge is 0.212 e. The van der Waals surface area contributed by atoms with Gasteiger partial charge in [0.05, 0.1) is 4.90 Å². The first-order valence-electron chi connectivity index (χ1n) is 5.65. The molecule has 2 aromatic rings. The first-order chi connectivity index (χ1) is 9.04. The minimum Gasteiger partial charge on any atom is -0.218 e. The highest BCUT2D eigenvalue weighted by Gasteiger charge is 2.20. The van der Waals surface area contributed by atoms with Crippen LogP contribution in [0.1, 0.15) is 10.4 Å². The van der Waals surface area contributed by atoms with Crippen LogP contribution in [0, 0.1) is 6.92 Å². The number of aryl methyl sites for hydroxylation is 1. The van der Waals surface area contributed by atoms with E-state index in [-0.39, 0.29) is 0 Å². The monoisotopic (exact) mass is 310 g/mol. The van der Waals surface area contributed by atoms with Crippen LogP contribution in [-0.4, -0.2) is 14.7 Å². The van der Waals surface area contributed by atoms with Gasteiger partial charge in [-0.3, -0.25) is 0 Å². The predicted octanol–water partition coefficient (Wildman–Crippen LogP) is 4.19. The van der Waals surface area contributed by atoms with Gasteiger partial charge >= 0.3 is 0 Å². The maximum Gasteiger partial charge on any atom is 0.212 e. The van der Waals surface area contributed by atoms with Crippen LogP contribution < -0.4 is 0 Å². The minimum absolute atomic E-state index is 0.343. The number of benzene rings is 1. The van der Waals surface area contributed by atoms with Crippen molar-refractivity contribution in [3.8, 4) is 0 Å². The molecule has 0 amide bonds. The molecule has 0 N–H and O–H groups in total. The molecule has 0 saturated carbocycles. The summed E-state index contributed by atoms with van der Waals surface area (Å²) in [6.45, 7) is 1.94. The Hall–Kier alpha value is -1.04. The molecule has 1 heterocycles. The first-order valence-corrected chi connectivity index (χ1v) is 9.24. The van der Waals surface area contributed by atoms with Gasteiger partial charge in [0.1, 0.15) is 4.24 Å². The van der Waals surface area contributed by atoms with E-state index < -0.39 is 9.84 Å². The molecule has 5 heteroatoms. The number of hydrogen-bond donors (Lipinski definition) is 0. The summed E-state index contributed by atoms with van der Waals surface area (Å²) in [5.74, 6) is 0. The molecule has 1 aromatic carbocycles. The average Bonchev–Trinajstić information content (AvgIpc) is 2.89. The van der Waals surface area contributed by atoms with E-state index in [1.54, 1.807) is 24.5 Å². The van der Waals surface area contributed by atoms with Crippen LogP contribution in [0.2, 0.25) is 0 Å². The van der Waals surface area contributed by atoms with E-state index in [9.17, 15) is 8.42 Å². The highest BCUT2D eigenvalue weighted by atomic mass is 32.3. The number of sulfone groups is 1. The third kappa shape index (κ3) is 3.29. The predicted molar refractivity (Wildman–Crippen MR) is 84.2 cm³/mol. The molecule has 0 fully saturated rings. The minimum atomic E-state index is -3.41. The molecule has 0 aliphatic rings. The van der Waals surface area contributed by atoms with Crippen LogP contribution >= 0.6 is 23.1 Å². The Morgan fingerprint density at radius 1 is 1.21 bits per heavy atom. The third-order valence-electron chi connectivity index (χ3n) is 2.60. The molecule has 0 spiro atoms. The lowest BCUT2D eigenvalue weighted by atomic mass is 10.2. The van der Waals surface area contributed by atoms with Crippen LogP contribution in [0.25, 0.3) is 6.08 Å². The van der Waals surface area contributed by atoms with Gasteiger partial charge in [-0.2, -0.15) is 0 Å². The molecule has 2 nitrogen and oxygen atoms in total. The molecule has 0 unspecified atom stereocenters. The Morgan fingerprint density at radius 3 is 2.42 bits per heavy atom. The van der Waals surface area contributed by atoms with Gasteiger partial charge in [-0.25, -0.2) is 8.42 Å². The number of rotatable bonds is 4. The number of thioether (sulfide) groups is 1. The second kappa shape index (κ2) is 5.94. The largest absolute Gasteiger partial charge is 0.218 e. The van der Waals surface area contributed by atoms with Crippen molar-refractivity contribution in [1.82, 2.24) is 0 Å². The molecule has 0 saturated heterocycles. The standard InChI is InChI=1S/C14H14O2S3/c1-11-5-7-13(8-6-11)19(15,16)14(17-2)10-12-4-3-9-18-12/h3-10H,1-2H3/b14-10+. The summed E-state index contributed by atoms with van der Waals surface area (Å²) in [4.78, 5) is 1.29. The third-order valence-corrected chi connectivity index (χ3v) is 6.64. The summed E-state index contributed by atoms with van der Waals surface area (Å²) in [7, 11) is -3.41. The second-order valence-corrected chi connectivity index (χ2v) is 8.00. The van der Waals surface area contributed by atoms with Crippen LogP contribution in [0.5, 0.6) is 0 Å². The molecule has 0 aliphatic heterocycles. The van der Waals surface area contributed by atoms with Gasteiger partial charge in [0, 0.05) is 4.88 Å². The fourth-order valence-corrected chi connectivity index (χ4v) is 4.80. The summed E-state index contributed by atoms with van der Waals surface area (Å²) in [6.07, 6.45) is 3.51. The molecule has 0 atom stereocenters. The zero-order valence-electron chi connectivity index (χ0n) is 10.7. The molecular formula is C14H14O2S3. The van der Waals surface area contributed by atoms with Crippen molar-refractivity contribution in [2.75, 3.05) is 6.26 Å². The van der Waals surface area contributed by atoms with E-state index in [1.807, 2.05) is 36.6 Å². The molecule has 1 aromatic heterocycles. The quantitative estimate of drug-likeness (QED) is 0.849. The van der Waals surface area contributed by atoms with Crippen LogP contribution in [0.15, 0.2) is 50.9 Å². The second-order valence-electron chi connectivity index (χ2n) is 4.00. The lowest BCUT2D eigenvalue weighted by Crippen LogP contribution is -2.02. The maximum atomic E-state index is 12.5. The van der Waals surface area contributed by atoms with E-state index >= 15 is 0 Å². The molecule has 0 radical (unpaired) electrons.